The first-order valence-electron chi connectivity index (χ1n) is 11.1. The maximum absolute atomic E-state index is 13.0. The largest absolute Gasteiger partial charge is 0.454 e. The fraction of sp³-hybridized carbons (Fsp3) is 0.148. The van der Waals surface area contributed by atoms with Crippen molar-refractivity contribution in [1.29, 1.82) is 0 Å². The van der Waals surface area contributed by atoms with Gasteiger partial charge >= 0.3 is 5.97 Å². The third kappa shape index (κ3) is 5.33. The molecular formula is C27H26N4O4. The van der Waals surface area contributed by atoms with Gasteiger partial charge in [-0.25, -0.2) is 4.68 Å². The van der Waals surface area contributed by atoms with Gasteiger partial charge in [0, 0.05) is 18.4 Å². The summed E-state index contributed by atoms with van der Waals surface area (Å²) < 4.78 is 8.37. The number of nitrogens with one attached hydrogen (secondary N) is 1. The Kier molecular flexibility index (Phi) is 7.11. The Morgan fingerprint density at radius 3 is 1.91 bits per heavy atom. The topological polar surface area (TPSA) is 85.6 Å². The van der Waals surface area contributed by atoms with Crippen LogP contribution in [-0.2, 0) is 21.4 Å². The van der Waals surface area contributed by atoms with E-state index in [1.54, 1.807) is 35.7 Å². The molecule has 0 saturated heterocycles. The number of hydrogen-bond acceptors (Lipinski definition) is 5. The molecule has 1 N–H and O–H groups in total. The summed E-state index contributed by atoms with van der Waals surface area (Å²) in [6.07, 6.45) is 0. The van der Waals surface area contributed by atoms with E-state index in [1.807, 2.05) is 78.9 Å². The molecule has 3 aromatic carbocycles. The Morgan fingerprint density at radius 1 is 0.857 bits per heavy atom. The van der Waals surface area contributed by atoms with Crippen molar-refractivity contribution in [2.24, 2.45) is 7.05 Å². The predicted molar refractivity (Wildman–Crippen MR) is 135 cm³/mol. The summed E-state index contributed by atoms with van der Waals surface area (Å²) in [5.41, 5.74) is 2.68. The zero-order chi connectivity index (χ0) is 24.8. The van der Waals surface area contributed by atoms with Gasteiger partial charge in [0.25, 0.3) is 11.5 Å². The molecule has 0 spiro atoms. The smallest absolute Gasteiger partial charge is 0.326 e. The van der Waals surface area contributed by atoms with Crippen molar-refractivity contribution in [3.63, 3.8) is 0 Å². The highest BCUT2D eigenvalue weighted by molar-refractivity contribution is 5.93. The number of para-hydroxylation sites is 3. The lowest BCUT2D eigenvalue weighted by molar-refractivity contribution is -0.145. The van der Waals surface area contributed by atoms with E-state index in [2.05, 4.69) is 5.32 Å². The van der Waals surface area contributed by atoms with E-state index in [0.29, 0.717) is 11.4 Å². The monoisotopic (exact) mass is 470 g/mol. The average molecular weight is 471 g/mol. The van der Waals surface area contributed by atoms with Crippen LogP contribution in [0.15, 0.2) is 95.8 Å². The molecule has 0 aliphatic heterocycles. The van der Waals surface area contributed by atoms with Crippen LogP contribution in [0.5, 0.6) is 0 Å². The van der Waals surface area contributed by atoms with Crippen molar-refractivity contribution in [3.8, 4) is 5.69 Å². The van der Waals surface area contributed by atoms with Crippen LogP contribution in [0, 0.1) is 6.92 Å². The van der Waals surface area contributed by atoms with Crippen molar-refractivity contribution in [3.05, 3.63) is 107 Å². The van der Waals surface area contributed by atoms with Gasteiger partial charge in [0.15, 0.2) is 6.61 Å². The van der Waals surface area contributed by atoms with Crippen LogP contribution in [-0.4, -0.2) is 34.4 Å². The number of benzene rings is 3. The van der Waals surface area contributed by atoms with Gasteiger partial charge in [-0.05, 0) is 43.3 Å². The summed E-state index contributed by atoms with van der Waals surface area (Å²) in [6.45, 7) is 1.15. The molecule has 0 aliphatic rings. The van der Waals surface area contributed by atoms with Gasteiger partial charge in [-0.2, -0.15) is 0 Å². The van der Waals surface area contributed by atoms with E-state index >= 15 is 0 Å². The molecule has 8 nitrogen and oxygen atoms in total. The molecule has 4 aromatic rings. The van der Waals surface area contributed by atoms with E-state index in [0.717, 1.165) is 11.4 Å². The number of anilines is 3. The van der Waals surface area contributed by atoms with E-state index in [1.165, 1.54) is 4.68 Å². The van der Waals surface area contributed by atoms with Crippen molar-refractivity contribution in [2.45, 2.75) is 6.92 Å². The minimum atomic E-state index is -0.588. The molecule has 0 aliphatic carbocycles. The fourth-order valence-corrected chi connectivity index (χ4v) is 3.76. The molecule has 1 amide bonds. The van der Waals surface area contributed by atoms with E-state index in [4.69, 9.17) is 4.74 Å². The van der Waals surface area contributed by atoms with E-state index in [9.17, 15) is 14.4 Å². The number of carbonyl (C=O) groups excluding carboxylic acids is 2. The van der Waals surface area contributed by atoms with Gasteiger partial charge < -0.3 is 15.0 Å². The molecule has 0 atom stereocenters. The number of aromatic nitrogens is 2. The molecule has 0 unspecified atom stereocenters. The number of nitrogens with zero attached hydrogens (tertiary/aromatic N) is 3. The van der Waals surface area contributed by atoms with Crippen LogP contribution in [0.1, 0.15) is 5.69 Å². The first kappa shape index (κ1) is 23.6. The second kappa shape index (κ2) is 10.6. The van der Waals surface area contributed by atoms with Gasteiger partial charge in [-0.3, -0.25) is 19.1 Å². The molecule has 0 bridgehead atoms. The number of rotatable bonds is 8. The van der Waals surface area contributed by atoms with Gasteiger partial charge in [0.2, 0.25) is 0 Å². The van der Waals surface area contributed by atoms with Crippen molar-refractivity contribution in [2.75, 3.05) is 23.4 Å². The Bertz CT molecular complexity index is 1320. The number of amides is 1. The summed E-state index contributed by atoms with van der Waals surface area (Å²) in [4.78, 5) is 39.9. The normalized spacial score (nSPS) is 10.6. The number of esters is 1. The number of ether oxygens (including phenoxy) is 1. The highest BCUT2D eigenvalue weighted by Gasteiger charge is 2.20. The van der Waals surface area contributed by atoms with Crippen LogP contribution < -0.4 is 15.8 Å². The lowest BCUT2D eigenvalue weighted by Gasteiger charge is -2.24. The van der Waals surface area contributed by atoms with Crippen LogP contribution in [0.25, 0.3) is 5.69 Å². The summed E-state index contributed by atoms with van der Waals surface area (Å²) in [6, 6.07) is 28.0. The second-order valence-electron chi connectivity index (χ2n) is 7.90. The lowest BCUT2D eigenvalue weighted by Crippen LogP contribution is -2.30. The molecule has 0 fully saturated rings. The zero-order valence-electron chi connectivity index (χ0n) is 19.5. The van der Waals surface area contributed by atoms with Gasteiger partial charge in [0.05, 0.1) is 11.4 Å². The van der Waals surface area contributed by atoms with Crippen LogP contribution >= 0.6 is 0 Å². The van der Waals surface area contributed by atoms with Gasteiger partial charge in [-0.15, -0.1) is 0 Å². The Hall–Kier alpha value is -4.59. The Labute approximate surface area is 203 Å². The maximum Gasteiger partial charge on any atom is 0.326 e. The van der Waals surface area contributed by atoms with Crippen LogP contribution in [0.4, 0.5) is 17.1 Å². The minimum Gasteiger partial charge on any atom is -0.454 e. The highest BCUT2D eigenvalue weighted by atomic mass is 16.5. The maximum atomic E-state index is 13.0. The summed E-state index contributed by atoms with van der Waals surface area (Å²) in [7, 11) is 1.74. The Balaban J connectivity index is 1.43. The molecule has 8 heteroatoms. The second-order valence-corrected chi connectivity index (χ2v) is 7.90. The first-order valence-corrected chi connectivity index (χ1v) is 11.1. The summed E-state index contributed by atoms with van der Waals surface area (Å²) in [5.74, 6) is -1.16. The third-order valence-corrected chi connectivity index (χ3v) is 5.61. The number of hydrogen-bond donors (Lipinski definition) is 1. The van der Waals surface area contributed by atoms with E-state index < -0.39 is 18.5 Å². The van der Waals surface area contributed by atoms with Crippen molar-refractivity contribution >= 4 is 28.9 Å². The molecule has 0 saturated carbocycles. The van der Waals surface area contributed by atoms with Crippen LogP contribution in [0.2, 0.25) is 0 Å². The van der Waals surface area contributed by atoms with Crippen molar-refractivity contribution in [1.82, 2.24) is 9.36 Å². The molecule has 1 heterocycles. The average Bonchev–Trinajstić information content (AvgIpc) is 3.10. The molecule has 1 aromatic heterocycles. The first-order chi connectivity index (χ1) is 17.0. The molecule has 4 rings (SSSR count). The van der Waals surface area contributed by atoms with Crippen molar-refractivity contribution < 1.29 is 14.3 Å². The summed E-state index contributed by atoms with van der Waals surface area (Å²) >= 11 is 0. The zero-order valence-corrected chi connectivity index (χ0v) is 19.5. The molecular weight excluding hydrogens is 444 g/mol. The van der Waals surface area contributed by atoms with Gasteiger partial charge in [-0.1, -0.05) is 54.6 Å². The summed E-state index contributed by atoms with van der Waals surface area (Å²) in [5, 5.41) is 2.60. The van der Waals surface area contributed by atoms with Crippen LogP contribution in [0.3, 0.4) is 0 Å². The Morgan fingerprint density at radius 2 is 1.37 bits per heavy atom. The number of carbonyl (C=O) groups is 2. The quantitative estimate of drug-likeness (QED) is 0.396. The van der Waals surface area contributed by atoms with Gasteiger partial charge in [0.1, 0.15) is 12.2 Å². The molecule has 0 radical (unpaired) electrons. The predicted octanol–water partition coefficient (Wildman–Crippen LogP) is 3.80. The SMILES string of the molecule is Cc1c(NC(=O)COC(=O)CN(c2ccccc2)c2ccccc2)c(=O)n(-c2ccccc2)n1C. The fourth-order valence-electron chi connectivity index (χ4n) is 3.76. The standard InChI is InChI=1S/C27H26N4O4/c1-20-26(27(34)31(29(20)2)23-16-10-5-11-17-23)28-24(32)19-35-25(33)18-30(21-12-6-3-7-13-21)22-14-8-4-9-15-22/h3-17H,18-19H2,1-2H3,(H,28,32). The highest BCUT2D eigenvalue weighted by Crippen LogP contribution is 2.24. The molecule has 178 valence electrons. The minimum absolute atomic E-state index is 0.0769. The van der Waals surface area contributed by atoms with E-state index in [-0.39, 0.29) is 17.8 Å². The lowest BCUT2D eigenvalue weighted by atomic mass is 10.2. The molecule has 35 heavy (non-hydrogen) atoms. The third-order valence-electron chi connectivity index (χ3n) is 5.61.